The molecule has 1 rings (SSSR count). The van der Waals surface area contributed by atoms with E-state index >= 15 is 0 Å². The first-order valence-corrected chi connectivity index (χ1v) is 4.59. The van der Waals surface area contributed by atoms with E-state index in [1.54, 1.807) is 13.3 Å². The Hall–Kier alpha value is -1.51. The molecular weight excluding hydrogens is 176 g/mol. The van der Waals surface area contributed by atoms with Crippen LogP contribution in [-0.2, 0) is 0 Å². The highest BCUT2D eigenvalue weighted by atomic mass is 16.5. The Morgan fingerprint density at radius 1 is 1.50 bits per heavy atom. The number of pyridine rings is 1. The van der Waals surface area contributed by atoms with Crippen molar-refractivity contribution in [1.82, 2.24) is 4.98 Å². The standard InChI is InChI=1S/C11H16N2O/c1-9(2)6-7-12-11-5-4-10(14-3)8-13-11/h4-6,8H,7H2,1-3H3,(H,12,13). The molecule has 0 fully saturated rings. The first-order chi connectivity index (χ1) is 6.72. The summed E-state index contributed by atoms with van der Waals surface area (Å²) in [5.74, 6) is 1.64. The van der Waals surface area contributed by atoms with Crippen molar-refractivity contribution in [3.63, 3.8) is 0 Å². The lowest BCUT2D eigenvalue weighted by Gasteiger charge is -2.03. The topological polar surface area (TPSA) is 34.1 Å². The van der Waals surface area contributed by atoms with Gasteiger partial charge in [-0.15, -0.1) is 0 Å². The van der Waals surface area contributed by atoms with E-state index in [1.165, 1.54) is 5.57 Å². The molecule has 0 bridgehead atoms. The van der Waals surface area contributed by atoms with Crippen molar-refractivity contribution < 1.29 is 4.74 Å². The maximum absolute atomic E-state index is 5.01. The van der Waals surface area contributed by atoms with Gasteiger partial charge in [0, 0.05) is 6.54 Å². The fraction of sp³-hybridized carbons (Fsp3) is 0.364. The van der Waals surface area contributed by atoms with Crippen LogP contribution in [0, 0.1) is 0 Å². The Kier molecular flexibility index (Phi) is 3.98. The molecule has 1 heterocycles. The third-order valence-electron chi connectivity index (χ3n) is 1.77. The predicted molar refractivity (Wildman–Crippen MR) is 58.7 cm³/mol. The molecule has 0 aliphatic carbocycles. The molecular formula is C11H16N2O. The maximum atomic E-state index is 5.01. The van der Waals surface area contributed by atoms with E-state index in [-0.39, 0.29) is 0 Å². The van der Waals surface area contributed by atoms with Crippen LogP contribution in [0.15, 0.2) is 30.0 Å². The van der Waals surface area contributed by atoms with E-state index in [1.807, 2.05) is 12.1 Å². The highest BCUT2D eigenvalue weighted by molar-refractivity contribution is 5.38. The van der Waals surface area contributed by atoms with Crippen molar-refractivity contribution >= 4 is 5.82 Å². The highest BCUT2D eigenvalue weighted by Crippen LogP contribution is 2.10. The van der Waals surface area contributed by atoms with Gasteiger partial charge in [-0.25, -0.2) is 4.98 Å². The molecule has 0 amide bonds. The third kappa shape index (κ3) is 3.47. The van der Waals surface area contributed by atoms with Crippen molar-refractivity contribution in [3.8, 4) is 5.75 Å². The molecule has 14 heavy (non-hydrogen) atoms. The second kappa shape index (κ2) is 5.27. The minimum atomic E-state index is 0.776. The fourth-order valence-electron chi connectivity index (χ4n) is 0.965. The first kappa shape index (κ1) is 10.6. The number of rotatable bonds is 4. The number of anilines is 1. The molecule has 0 aliphatic rings. The quantitative estimate of drug-likeness (QED) is 0.744. The zero-order chi connectivity index (χ0) is 10.4. The second-order valence-corrected chi connectivity index (χ2v) is 3.25. The van der Waals surface area contributed by atoms with Crippen LogP contribution in [0.2, 0.25) is 0 Å². The molecule has 1 N–H and O–H groups in total. The van der Waals surface area contributed by atoms with Crippen LogP contribution >= 0.6 is 0 Å². The van der Waals surface area contributed by atoms with E-state index in [0.29, 0.717) is 0 Å². The minimum absolute atomic E-state index is 0.776. The highest BCUT2D eigenvalue weighted by Gasteiger charge is 1.92. The Labute approximate surface area is 84.8 Å². The molecule has 3 nitrogen and oxygen atoms in total. The molecule has 0 atom stereocenters. The Balaban J connectivity index is 2.48. The molecule has 0 unspecified atom stereocenters. The molecule has 0 saturated heterocycles. The van der Waals surface area contributed by atoms with E-state index in [0.717, 1.165) is 18.1 Å². The molecule has 0 aliphatic heterocycles. The van der Waals surface area contributed by atoms with E-state index < -0.39 is 0 Å². The Bertz CT molecular complexity index is 300. The largest absolute Gasteiger partial charge is 0.495 e. The molecule has 3 heteroatoms. The van der Waals surface area contributed by atoms with Crippen LogP contribution in [0.25, 0.3) is 0 Å². The zero-order valence-electron chi connectivity index (χ0n) is 8.87. The summed E-state index contributed by atoms with van der Waals surface area (Å²) in [5, 5.41) is 3.18. The van der Waals surface area contributed by atoms with Gasteiger partial charge < -0.3 is 10.1 Å². The van der Waals surface area contributed by atoms with Crippen molar-refractivity contribution in [2.45, 2.75) is 13.8 Å². The molecule has 0 aromatic carbocycles. The molecule has 1 aromatic heterocycles. The van der Waals surface area contributed by atoms with Crippen LogP contribution in [0.4, 0.5) is 5.82 Å². The molecule has 0 saturated carbocycles. The average Bonchev–Trinajstić information content (AvgIpc) is 2.18. The predicted octanol–water partition coefficient (Wildman–Crippen LogP) is 2.47. The molecule has 0 spiro atoms. The van der Waals surface area contributed by atoms with Gasteiger partial charge in [-0.1, -0.05) is 11.6 Å². The first-order valence-electron chi connectivity index (χ1n) is 4.59. The van der Waals surface area contributed by atoms with Gasteiger partial charge in [-0.3, -0.25) is 0 Å². The summed E-state index contributed by atoms with van der Waals surface area (Å²) in [6, 6.07) is 3.79. The zero-order valence-corrected chi connectivity index (χ0v) is 8.87. The van der Waals surface area contributed by atoms with E-state index in [4.69, 9.17) is 4.74 Å². The summed E-state index contributed by atoms with van der Waals surface area (Å²) in [4.78, 5) is 4.18. The second-order valence-electron chi connectivity index (χ2n) is 3.25. The molecule has 0 radical (unpaired) electrons. The Morgan fingerprint density at radius 2 is 2.29 bits per heavy atom. The van der Waals surface area contributed by atoms with Gasteiger partial charge in [-0.2, -0.15) is 0 Å². The van der Waals surface area contributed by atoms with E-state index in [2.05, 4.69) is 30.2 Å². The average molecular weight is 192 g/mol. The van der Waals surface area contributed by atoms with Crippen molar-refractivity contribution in [3.05, 3.63) is 30.0 Å². The minimum Gasteiger partial charge on any atom is -0.495 e. The lowest BCUT2D eigenvalue weighted by Crippen LogP contribution is -2.00. The maximum Gasteiger partial charge on any atom is 0.137 e. The van der Waals surface area contributed by atoms with Crippen molar-refractivity contribution in [2.75, 3.05) is 19.0 Å². The van der Waals surface area contributed by atoms with Crippen LogP contribution in [-0.4, -0.2) is 18.6 Å². The number of hydrogen-bond donors (Lipinski definition) is 1. The number of nitrogens with one attached hydrogen (secondary N) is 1. The van der Waals surface area contributed by atoms with Crippen LogP contribution in [0.1, 0.15) is 13.8 Å². The normalized spacial score (nSPS) is 9.36. The summed E-state index contributed by atoms with van der Waals surface area (Å²) < 4.78 is 5.01. The summed E-state index contributed by atoms with van der Waals surface area (Å²) in [7, 11) is 1.63. The molecule has 76 valence electrons. The van der Waals surface area contributed by atoms with Gasteiger partial charge >= 0.3 is 0 Å². The van der Waals surface area contributed by atoms with Gasteiger partial charge in [0.1, 0.15) is 11.6 Å². The van der Waals surface area contributed by atoms with Gasteiger partial charge in [0.15, 0.2) is 0 Å². The lowest BCUT2D eigenvalue weighted by atomic mass is 10.3. The summed E-state index contributed by atoms with van der Waals surface area (Å²) >= 11 is 0. The van der Waals surface area contributed by atoms with Crippen molar-refractivity contribution in [1.29, 1.82) is 0 Å². The number of allylic oxidation sites excluding steroid dienone is 1. The van der Waals surface area contributed by atoms with Gasteiger partial charge in [-0.05, 0) is 26.0 Å². The number of ether oxygens (including phenoxy) is 1. The van der Waals surface area contributed by atoms with E-state index in [9.17, 15) is 0 Å². The van der Waals surface area contributed by atoms with Gasteiger partial charge in [0.05, 0.1) is 13.3 Å². The lowest BCUT2D eigenvalue weighted by molar-refractivity contribution is 0.413. The smallest absolute Gasteiger partial charge is 0.137 e. The summed E-state index contributed by atoms with van der Waals surface area (Å²) in [5.41, 5.74) is 1.30. The van der Waals surface area contributed by atoms with Gasteiger partial charge in [0.25, 0.3) is 0 Å². The van der Waals surface area contributed by atoms with Crippen molar-refractivity contribution in [2.24, 2.45) is 0 Å². The number of methoxy groups -OCH3 is 1. The fourth-order valence-corrected chi connectivity index (χ4v) is 0.965. The monoisotopic (exact) mass is 192 g/mol. The summed E-state index contributed by atoms with van der Waals surface area (Å²) in [6.07, 6.45) is 3.82. The molecule has 1 aromatic rings. The van der Waals surface area contributed by atoms with Gasteiger partial charge in [0.2, 0.25) is 0 Å². The third-order valence-corrected chi connectivity index (χ3v) is 1.77. The SMILES string of the molecule is COc1ccc(NCC=C(C)C)nc1. The summed E-state index contributed by atoms with van der Waals surface area (Å²) in [6.45, 7) is 4.95. The van der Waals surface area contributed by atoms with Crippen LogP contribution < -0.4 is 10.1 Å². The number of nitrogens with zero attached hydrogens (tertiary/aromatic N) is 1. The number of hydrogen-bond acceptors (Lipinski definition) is 3. The van der Waals surface area contributed by atoms with Crippen LogP contribution in [0.5, 0.6) is 5.75 Å². The Morgan fingerprint density at radius 3 is 2.79 bits per heavy atom. The van der Waals surface area contributed by atoms with Crippen LogP contribution in [0.3, 0.4) is 0 Å². The number of aromatic nitrogens is 1.